The van der Waals surface area contributed by atoms with E-state index in [0.29, 0.717) is 12.3 Å². The number of nitriles is 1. The Morgan fingerprint density at radius 1 is 1.31 bits per heavy atom. The predicted octanol–water partition coefficient (Wildman–Crippen LogP) is 2.58. The zero-order valence-electron chi connectivity index (χ0n) is 14.8. The summed E-state index contributed by atoms with van der Waals surface area (Å²) in [6, 6.07) is 12.0. The molecule has 134 valence electrons. The third kappa shape index (κ3) is 3.85. The Balaban J connectivity index is 1.37. The maximum Gasteiger partial charge on any atom is 0.142 e. The minimum Gasteiger partial charge on any atom is -0.371 e. The molecule has 0 amide bonds. The summed E-state index contributed by atoms with van der Waals surface area (Å²) in [5, 5.41) is 12.4. The van der Waals surface area contributed by atoms with Crippen molar-refractivity contribution < 1.29 is 4.74 Å². The first kappa shape index (κ1) is 17.0. The van der Waals surface area contributed by atoms with Crippen molar-refractivity contribution in [3.05, 3.63) is 54.0 Å². The molecule has 1 N–H and O–H groups in total. The number of nitrogens with one attached hydrogen (secondary N) is 1. The minimum atomic E-state index is -0.0736. The van der Waals surface area contributed by atoms with Gasteiger partial charge in [0.15, 0.2) is 0 Å². The Morgan fingerprint density at radius 3 is 3.04 bits per heavy atom. The van der Waals surface area contributed by atoms with Gasteiger partial charge < -0.3 is 10.1 Å². The van der Waals surface area contributed by atoms with E-state index in [2.05, 4.69) is 38.4 Å². The van der Waals surface area contributed by atoms with Gasteiger partial charge in [0, 0.05) is 31.9 Å². The molecule has 4 rings (SSSR count). The van der Waals surface area contributed by atoms with Gasteiger partial charge in [0.25, 0.3) is 0 Å². The molecule has 2 atom stereocenters. The van der Waals surface area contributed by atoms with Gasteiger partial charge in [-0.25, -0.2) is 4.98 Å². The van der Waals surface area contributed by atoms with E-state index in [1.54, 1.807) is 6.07 Å². The first-order chi connectivity index (χ1) is 12.7. The van der Waals surface area contributed by atoms with Crippen LogP contribution in [-0.4, -0.2) is 46.2 Å². The van der Waals surface area contributed by atoms with Crippen molar-refractivity contribution in [1.82, 2.24) is 14.9 Å². The van der Waals surface area contributed by atoms with E-state index < -0.39 is 0 Å². The Bertz CT molecular complexity index is 790. The highest BCUT2D eigenvalue weighted by atomic mass is 16.5. The highest BCUT2D eigenvalue weighted by Gasteiger charge is 2.43. The lowest BCUT2D eigenvalue weighted by Crippen LogP contribution is -2.47. The van der Waals surface area contributed by atoms with Crippen LogP contribution < -0.4 is 5.32 Å². The zero-order chi connectivity index (χ0) is 17.8. The third-order valence-electron chi connectivity index (χ3n) is 5.20. The first-order valence-electron chi connectivity index (χ1n) is 9.14. The summed E-state index contributed by atoms with van der Waals surface area (Å²) < 4.78 is 6.28. The summed E-state index contributed by atoms with van der Waals surface area (Å²) in [6.07, 6.45) is 6.93. The van der Waals surface area contributed by atoms with Crippen molar-refractivity contribution in [2.45, 2.75) is 37.5 Å². The number of hydrogen-bond acceptors (Lipinski definition) is 6. The van der Waals surface area contributed by atoms with Crippen LogP contribution in [0.25, 0.3) is 0 Å². The zero-order valence-corrected chi connectivity index (χ0v) is 14.8. The van der Waals surface area contributed by atoms with Gasteiger partial charge in [-0.05, 0) is 49.2 Å². The van der Waals surface area contributed by atoms with Crippen LogP contribution in [0.3, 0.4) is 0 Å². The fourth-order valence-electron chi connectivity index (χ4n) is 4.08. The number of anilines is 1. The summed E-state index contributed by atoms with van der Waals surface area (Å²) >= 11 is 0. The van der Waals surface area contributed by atoms with Crippen LogP contribution in [0.4, 0.5) is 5.82 Å². The number of nitrogens with zero attached hydrogens (tertiary/aromatic N) is 4. The quantitative estimate of drug-likeness (QED) is 0.914. The molecule has 1 spiro atoms. The number of piperidine rings is 1. The van der Waals surface area contributed by atoms with Gasteiger partial charge >= 0.3 is 0 Å². The van der Waals surface area contributed by atoms with E-state index in [9.17, 15) is 0 Å². The van der Waals surface area contributed by atoms with Gasteiger partial charge in [-0.15, -0.1) is 0 Å². The molecule has 0 saturated carbocycles. The van der Waals surface area contributed by atoms with Gasteiger partial charge in [0.05, 0.1) is 18.2 Å². The average Bonchev–Trinajstić information content (AvgIpc) is 3.04. The number of pyridine rings is 2. The number of hydrogen-bond donors (Lipinski definition) is 1. The van der Waals surface area contributed by atoms with Crippen LogP contribution in [0.15, 0.2) is 42.7 Å². The Morgan fingerprint density at radius 2 is 2.19 bits per heavy atom. The molecule has 26 heavy (non-hydrogen) atoms. The Kier molecular flexibility index (Phi) is 4.83. The van der Waals surface area contributed by atoms with Crippen LogP contribution in [-0.2, 0) is 11.3 Å². The van der Waals surface area contributed by atoms with Gasteiger partial charge in [-0.1, -0.05) is 6.07 Å². The molecule has 0 bridgehead atoms. The highest BCUT2D eigenvalue weighted by Crippen LogP contribution is 2.36. The van der Waals surface area contributed by atoms with E-state index in [4.69, 9.17) is 10.00 Å². The van der Waals surface area contributed by atoms with Crippen LogP contribution in [0, 0.1) is 11.3 Å². The molecule has 4 heterocycles. The fraction of sp³-hybridized carbons (Fsp3) is 0.450. The third-order valence-corrected chi connectivity index (χ3v) is 5.20. The van der Waals surface area contributed by atoms with Crippen molar-refractivity contribution in [1.29, 1.82) is 5.26 Å². The van der Waals surface area contributed by atoms with Crippen molar-refractivity contribution in [3.63, 3.8) is 0 Å². The lowest BCUT2D eigenvalue weighted by molar-refractivity contribution is -0.0533. The van der Waals surface area contributed by atoms with E-state index in [0.717, 1.165) is 44.7 Å². The average molecular weight is 349 g/mol. The number of rotatable bonds is 4. The van der Waals surface area contributed by atoms with E-state index >= 15 is 0 Å². The summed E-state index contributed by atoms with van der Waals surface area (Å²) in [6.45, 7) is 3.69. The second-order valence-corrected chi connectivity index (χ2v) is 7.23. The van der Waals surface area contributed by atoms with Gasteiger partial charge in [-0.2, -0.15) is 5.26 Å². The molecule has 2 saturated heterocycles. The normalized spacial score (nSPS) is 25.9. The molecule has 6 heteroatoms. The first-order valence-corrected chi connectivity index (χ1v) is 9.14. The summed E-state index contributed by atoms with van der Waals surface area (Å²) in [7, 11) is 0. The van der Waals surface area contributed by atoms with Crippen molar-refractivity contribution in [2.75, 3.05) is 25.0 Å². The predicted molar refractivity (Wildman–Crippen MR) is 98.4 cm³/mol. The molecule has 2 aliphatic rings. The van der Waals surface area contributed by atoms with Gasteiger partial charge in [0.1, 0.15) is 17.6 Å². The van der Waals surface area contributed by atoms with E-state index in [-0.39, 0.29) is 11.6 Å². The summed E-state index contributed by atoms with van der Waals surface area (Å²) in [5.74, 6) is 0.749. The maximum absolute atomic E-state index is 9.00. The van der Waals surface area contributed by atoms with Crippen molar-refractivity contribution in [3.8, 4) is 6.07 Å². The Hall–Kier alpha value is -2.49. The second kappa shape index (κ2) is 7.40. The topological polar surface area (TPSA) is 74.1 Å². The molecular weight excluding hydrogens is 326 g/mol. The summed E-state index contributed by atoms with van der Waals surface area (Å²) in [5.41, 5.74) is 1.66. The lowest BCUT2D eigenvalue weighted by atomic mass is 9.88. The maximum atomic E-state index is 9.00. The number of likely N-dealkylation sites (tertiary alicyclic amines) is 1. The van der Waals surface area contributed by atoms with Gasteiger partial charge in [-0.3, -0.25) is 9.88 Å². The van der Waals surface area contributed by atoms with E-state index in [1.807, 2.05) is 24.5 Å². The van der Waals surface area contributed by atoms with Crippen LogP contribution in [0.2, 0.25) is 0 Å². The number of aromatic nitrogens is 2. The molecule has 2 fully saturated rings. The SMILES string of the molecule is N#Cc1cccc(NC2COC3(CCCN(Cc4ccncc4)C3)C2)n1. The minimum absolute atomic E-state index is 0.0736. The van der Waals surface area contributed by atoms with Gasteiger partial charge in [0.2, 0.25) is 0 Å². The lowest BCUT2D eigenvalue weighted by Gasteiger charge is -2.39. The Labute approximate surface area is 153 Å². The van der Waals surface area contributed by atoms with Crippen LogP contribution in [0.5, 0.6) is 0 Å². The van der Waals surface area contributed by atoms with E-state index in [1.165, 1.54) is 5.56 Å². The molecule has 0 aromatic carbocycles. The fourth-order valence-corrected chi connectivity index (χ4v) is 4.08. The monoisotopic (exact) mass is 349 g/mol. The largest absolute Gasteiger partial charge is 0.371 e. The molecule has 2 aromatic rings. The second-order valence-electron chi connectivity index (χ2n) is 7.23. The smallest absolute Gasteiger partial charge is 0.142 e. The summed E-state index contributed by atoms with van der Waals surface area (Å²) in [4.78, 5) is 10.9. The molecule has 0 aliphatic carbocycles. The standard InChI is InChI=1S/C20H23N5O/c21-12-17-3-1-4-19(23-17)24-18-11-20(26-14-18)7-2-10-25(15-20)13-16-5-8-22-9-6-16/h1,3-6,8-9,18H,2,7,10-11,13-15H2,(H,23,24). The molecule has 2 aliphatic heterocycles. The molecule has 6 nitrogen and oxygen atoms in total. The van der Waals surface area contributed by atoms with Crippen molar-refractivity contribution in [2.24, 2.45) is 0 Å². The highest BCUT2D eigenvalue weighted by molar-refractivity contribution is 5.39. The molecule has 2 aromatic heterocycles. The van der Waals surface area contributed by atoms with Crippen molar-refractivity contribution >= 4 is 5.82 Å². The number of ether oxygens (including phenoxy) is 1. The molecular formula is C20H23N5O. The molecule has 0 radical (unpaired) electrons. The van der Waals surface area contributed by atoms with Crippen LogP contribution in [0.1, 0.15) is 30.5 Å². The molecule has 2 unspecified atom stereocenters. The van der Waals surface area contributed by atoms with Crippen LogP contribution >= 0.6 is 0 Å².